The average molecular weight is 513 g/mol. The van der Waals surface area contributed by atoms with Crippen LogP contribution in [-0.4, -0.2) is 4.89 Å². The Bertz CT molecular complexity index is 1430. The van der Waals surface area contributed by atoms with Gasteiger partial charge in [0.15, 0.2) is 0 Å². The molecule has 2 saturated carbocycles. The van der Waals surface area contributed by atoms with Gasteiger partial charge in [0.05, 0.1) is 0 Å². The van der Waals surface area contributed by atoms with Crippen molar-refractivity contribution in [3.63, 3.8) is 0 Å². The molecule has 4 aromatic rings. The number of fused-ring (bicyclic) bond motifs is 7. The Balaban J connectivity index is 1.62. The molecule has 1 aliphatic heterocycles. The molecular formula is C32H33O4P. The molecule has 5 heteroatoms. The second-order valence-corrected chi connectivity index (χ2v) is 12.4. The highest BCUT2D eigenvalue weighted by Crippen LogP contribution is 2.61. The molecule has 4 aromatic carbocycles. The average Bonchev–Trinajstić information content (AvgIpc) is 3.06. The largest absolute Gasteiger partial charge is 0.584 e. The zero-order chi connectivity index (χ0) is 25.0. The van der Waals surface area contributed by atoms with E-state index >= 15 is 0 Å². The van der Waals surface area contributed by atoms with Gasteiger partial charge in [-0.1, -0.05) is 87.1 Å². The second kappa shape index (κ2) is 9.19. The zero-order valence-electron chi connectivity index (χ0n) is 21.1. The molecule has 0 radical (unpaired) electrons. The molecule has 0 aromatic heterocycles. The lowest BCUT2D eigenvalue weighted by Crippen LogP contribution is -2.08. The molecule has 0 spiro atoms. The first-order valence-corrected chi connectivity index (χ1v) is 15.4. The molecule has 0 bridgehead atoms. The lowest BCUT2D eigenvalue weighted by molar-refractivity contribution is 0.289. The number of phosphoric acid groups is 1. The predicted octanol–water partition coefficient (Wildman–Crippen LogP) is 9.63. The van der Waals surface area contributed by atoms with E-state index in [0.29, 0.717) is 23.3 Å². The third-order valence-corrected chi connectivity index (χ3v) is 9.64. The molecule has 3 aliphatic rings. The molecule has 0 atom stereocenters. The second-order valence-electron chi connectivity index (χ2n) is 11.1. The van der Waals surface area contributed by atoms with Crippen LogP contribution in [0.2, 0.25) is 0 Å². The Morgan fingerprint density at radius 3 is 1.46 bits per heavy atom. The molecule has 7 rings (SSSR count). The first kappa shape index (κ1) is 23.3. The van der Waals surface area contributed by atoms with E-state index in [1.165, 1.54) is 38.5 Å². The van der Waals surface area contributed by atoms with Crippen molar-refractivity contribution in [2.45, 2.75) is 76.0 Å². The fourth-order valence-electron chi connectivity index (χ4n) is 7.08. The molecule has 0 unspecified atom stereocenters. The predicted molar refractivity (Wildman–Crippen MR) is 150 cm³/mol. The number of benzene rings is 4. The van der Waals surface area contributed by atoms with Gasteiger partial charge in [-0.3, -0.25) is 4.89 Å². The highest BCUT2D eigenvalue weighted by Gasteiger charge is 2.39. The van der Waals surface area contributed by atoms with E-state index in [1.807, 2.05) is 12.1 Å². The molecule has 37 heavy (non-hydrogen) atoms. The van der Waals surface area contributed by atoms with Gasteiger partial charge in [-0.25, -0.2) is 4.57 Å². The van der Waals surface area contributed by atoms with Crippen molar-refractivity contribution in [3.8, 4) is 22.6 Å². The summed E-state index contributed by atoms with van der Waals surface area (Å²) >= 11 is 0. The minimum atomic E-state index is -4.41. The SMILES string of the molecule is O=P1(O)Oc2c(C3CCCCC3)cc3ccccc3c2-c2c(c(C3CCCCC3)cc3ccccc23)O1. The van der Waals surface area contributed by atoms with Crippen LogP contribution in [-0.2, 0) is 4.57 Å². The van der Waals surface area contributed by atoms with E-state index in [4.69, 9.17) is 9.05 Å². The molecule has 0 saturated heterocycles. The summed E-state index contributed by atoms with van der Waals surface area (Å²) in [5.74, 6) is 1.70. The lowest BCUT2D eigenvalue weighted by atomic mass is 9.78. The van der Waals surface area contributed by atoms with Gasteiger partial charge in [0.2, 0.25) is 0 Å². The molecule has 0 amide bonds. The number of phosphoric ester groups is 1. The van der Waals surface area contributed by atoms with Crippen LogP contribution >= 0.6 is 7.82 Å². The van der Waals surface area contributed by atoms with E-state index < -0.39 is 7.82 Å². The monoisotopic (exact) mass is 512 g/mol. The van der Waals surface area contributed by atoms with E-state index in [0.717, 1.165) is 69.5 Å². The Morgan fingerprint density at radius 1 is 0.622 bits per heavy atom. The highest BCUT2D eigenvalue weighted by atomic mass is 31.2. The Labute approximate surface area is 218 Å². The highest BCUT2D eigenvalue weighted by molar-refractivity contribution is 7.48. The summed E-state index contributed by atoms with van der Waals surface area (Å²) in [5.41, 5.74) is 3.92. The van der Waals surface area contributed by atoms with E-state index in [-0.39, 0.29) is 0 Å². The summed E-state index contributed by atoms with van der Waals surface area (Å²) in [6, 6.07) is 21.1. The van der Waals surface area contributed by atoms with E-state index in [2.05, 4.69) is 48.5 Å². The summed E-state index contributed by atoms with van der Waals surface area (Å²) in [4.78, 5) is 11.1. The Kier molecular flexibility index (Phi) is 5.79. The van der Waals surface area contributed by atoms with Gasteiger partial charge in [-0.15, -0.1) is 0 Å². The molecule has 4 nitrogen and oxygen atoms in total. The van der Waals surface area contributed by atoms with Gasteiger partial charge in [0, 0.05) is 11.1 Å². The first-order chi connectivity index (χ1) is 18.1. The van der Waals surface area contributed by atoms with Crippen molar-refractivity contribution in [2.75, 3.05) is 0 Å². The van der Waals surface area contributed by atoms with Crippen LogP contribution in [0.25, 0.3) is 32.7 Å². The van der Waals surface area contributed by atoms with Gasteiger partial charge in [0.1, 0.15) is 11.5 Å². The first-order valence-electron chi connectivity index (χ1n) is 13.9. The molecular weight excluding hydrogens is 479 g/mol. The summed E-state index contributed by atoms with van der Waals surface area (Å²) in [6.07, 6.45) is 11.5. The van der Waals surface area contributed by atoms with Crippen LogP contribution in [0, 0.1) is 0 Å². The van der Waals surface area contributed by atoms with Gasteiger partial charge in [-0.2, -0.15) is 0 Å². The fourth-order valence-corrected chi connectivity index (χ4v) is 7.97. The summed E-state index contributed by atoms with van der Waals surface area (Å²) in [7, 11) is -4.41. The minimum absolute atomic E-state index is 0.307. The molecule has 2 aliphatic carbocycles. The van der Waals surface area contributed by atoms with Crippen LogP contribution in [0.5, 0.6) is 11.5 Å². The van der Waals surface area contributed by atoms with Crippen molar-refractivity contribution in [2.24, 2.45) is 0 Å². The number of hydrogen-bond donors (Lipinski definition) is 1. The third kappa shape index (κ3) is 4.06. The van der Waals surface area contributed by atoms with E-state index in [1.54, 1.807) is 0 Å². The topological polar surface area (TPSA) is 55.8 Å². The van der Waals surface area contributed by atoms with Crippen molar-refractivity contribution in [3.05, 3.63) is 71.8 Å². The van der Waals surface area contributed by atoms with Crippen molar-refractivity contribution >= 4 is 29.4 Å². The van der Waals surface area contributed by atoms with Gasteiger partial charge >= 0.3 is 7.82 Å². The molecule has 190 valence electrons. The fraction of sp³-hybridized carbons (Fsp3) is 0.375. The van der Waals surface area contributed by atoms with Gasteiger partial charge < -0.3 is 9.05 Å². The maximum absolute atomic E-state index is 13.6. The Hall–Kier alpha value is -2.81. The van der Waals surface area contributed by atoms with Crippen LogP contribution in [0.4, 0.5) is 0 Å². The molecule has 1 heterocycles. The number of hydrogen-bond acceptors (Lipinski definition) is 3. The summed E-state index contributed by atoms with van der Waals surface area (Å²) in [6.45, 7) is 0. The lowest BCUT2D eigenvalue weighted by Gasteiger charge is -2.27. The normalized spacial score (nSPS) is 20.0. The van der Waals surface area contributed by atoms with Crippen LogP contribution in [0.15, 0.2) is 60.7 Å². The van der Waals surface area contributed by atoms with Gasteiger partial charge in [-0.05, 0) is 82.3 Å². The van der Waals surface area contributed by atoms with Gasteiger partial charge in [0.25, 0.3) is 0 Å². The van der Waals surface area contributed by atoms with Crippen LogP contribution in [0.3, 0.4) is 0 Å². The number of rotatable bonds is 2. The quantitative estimate of drug-likeness (QED) is 0.272. The maximum atomic E-state index is 13.6. The Morgan fingerprint density at radius 2 is 1.03 bits per heavy atom. The smallest absolute Gasteiger partial charge is 0.394 e. The maximum Gasteiger partial charge on any atom is 0.584 e. The van der Waals surface area contributed by atoms with Crippen LogP contribution < -0.4 is 9.05 Å². The van der Waals surface area contributed by atoms with Crippen molar-refractivity contribution in [1.29, 1.82) is 0 Å². The zero-order valence-corrected chi connectivity index (χ0v) is 22.0. The molecule has 1 N–H and O–H groups in total. The third-order valence-electron chi connectivity index (χ3n) is 8.81. The van der Waals surface area contributed by atoms with Crippen LogP contribution in [0.1, 0.15) is 87.2 Å². The van der Waals surface area contributed by atoms with Crippen molar-refractivity contribution < 1.29 is 18.5 Å². The molecule has 2 fully saturated rings. The van der Waals surface area contributed by atoms with E-state index in [9.17, 15) is 9.46 Å². The summed E-state index contributed by atoms with van der Waals surface area (Å²) in [5, 5.41) is 4.35. The standard InChI is InChI=1S/C32H33O4P/c33-37(34)35-31-27(21-11-3-1-4-12-21)19-23-15-7-9-17-25(23)29(31)30-26-18-10-8-16-24(26)20-28(32(30)36-37)22-13-5-2-6-14-22/h7-10,15-22H,1-6,11-14H2,(H,33,34). The van der Waals surface area contributed by atoms with Crippen molar-refractivity contribution in [1.82, 2.24) is 0 Å². The summed E-state index contributed by atoms with van der Waals surface area (Å²) < 4.78 is 25.8. The minimum Gasteiger partial charge on any atom is -0.394 e.